The summed E-state index contributed by atoms with van der Waals surface area (Å²) in [6.07, 6.45) is 2.17. The number of halogens is 1. The summed E-state index contributed by atoms with van der Waals surface area (Å²) in [5.74, 6) is 1.19. The van der Waals surface area contributed by atoms with Gasteiger partial charge in [-0.15, -0.1) is 0 Å². The van der Waals surface area contributed by atoms with Crippen molar-refractivity contribution >= 4 is 17.4 Å². The number of rotatable bonds is 13. The first kappa shape index (κ1) is 35.3. The minimum Gasteiger partial charge on any atom is -0.508 e. The number of carbonyl (C=O) groups excluding carboxylic acids is 1. The fourth-order valence-electron chi connectivity index (χ4n) is 5.31. The van der Waals surface area contributed by atoms with Gasteiger partial charge in [0, 0.05) is 43.8 Å². The standard InChI is InChI=1S/C31H27FN4O2.C9H11NO2/c1-21-6-13-29-28(16-21)34-30(36(29)14-15-37-2)18-22-7-10-24(11-8-22)27-4-3-5-31(35-27)38-20-25-12-9-23(19-33)17-26(25)32;11-7-10-6-5-8-1-3-9(12)4-2-8/h3-13,16-17H,14-15,18,20H2,1-2H3;1-4,7,12H,5-6H2,(H,10,11). The fourth-order valence-corrected chi connectivity index (χ4v) is 5.31. The Bertz CT molecular complexity index is 2070. The minimum absolute atomic E-state index is 0.0243. The number of ether oxygens (including phenoxy) is 2. The van der Waals surface area contributed by atoms with Gasteiger partial charge in [0.15, 0.2) is 0 Å². The highest BCUT2D eigenvalue weighted by molar-refractivity contribution is 5.77. The van der Waals surface area contributed by atoms with Gasteiger partial charge in [-0.05, 0) is 72.5 Å². The van der Waals surface area contributed by atoms with E-state index in [4.69, 9.17) is 24.8 Å². The van der Waals surface area contributed by atoms with Gasteiger partial charge >= 0.3 is 0 Å². The Morgan fingerprint density at radius 2 is 1.74 bits per heavy atom. The first-order valence-corrected chi connectivity index (χ1v) is 16.1. The highest BCUT2D eigenvalue weighted by atomic mass is 19.1. The number of amides is 1. The molecule has 10 heteroatoms. The van der Waals surface area contributed by atoms with Gasteiger partial charge in [-0.3, -0.25) is 4.79 Å². The third-order valence-electron chi connectivity index (χ3n) is 7.97. The Hall–Kier alpha value is -6.05. The number of aromatic nitrogens is 3. The second-order valence-corrected chi connectivity index (χ2v) is 11.6. The van der Waals surface area contributed by atoms with Gasteiger partial charge in [0.25, 0.3) is 0 Å². The van der Waals surface area contributed by atoms with Crippen LogP contribution in [-0.2, 0) is 35.5 Å². The molecule has 0 saturated carbocycles. The molecule has 0 aliphatic heterocycles. The number of phenols is 1. The number of benzene rings is 4. The quantitative estimate of drug-likeness (QED) is 0.101. The maximum absolute atomic E-state index is 14.2. The number of aromatic hydroxyl groups is 1. The molecule has 0 unspecified atom stereocenters. The van der Waals surface area contributed by atoms with Crippen LogP contribution in [0, 0.1) is 24.1 Å². The average molecular weight is 672 g/mol. The van der Waals surface area contributed by atoms with E-state index in [9.17, 15) is 9.18 Å². The fraction of sp³-hybridized carbons (Fsp3) is 0.200. The maximum Gasteiger partial charge on any atom is 0.214 e. The van der Waals surface area contributed by atoms with Crippen LogP contribution in [0.1, 0.15) is 33.6 Å². The van der Waals surface area contributed by atoms with Crippen LogP contribution >= 0.6 is 0 Å². The van der Waals surface area contributed by atoms with E-state index in [-0.39, 0.29) is 17.9 Å². The van der Waals surface area contributed by atoms with Crippen molar-refractivity contribution in [1.29, 1.82) is 5.26 Å². The molecule has 6 rings (SSSR count). The lowest BCUT2D eigenvalue weighted by Crippen LogP contribution is -2.14. The van der Waals surface area contributed by atoms with Crippen LogP contribution in [0.5, 0.6) is 11.6 Å². The van der Waals surface area contributed by atoms with Gasteiger partial charge in [0.2, 0.25) is 12.3 Å². The molecular weight excluding hydrogens is 633 g/mol. The molecule has 1 amide bonds. The van der Waals surface area contributed by atoms with Gasteiger partial charge in [-0.2, -0.15) is 5.26 Å². The molecule has 2 N–H and O–H groups in total. The second kappa shape index (κ2) is 17.4. The molecule has 254 valence electrons. The van der Waals surface area contributed by atoms with E-state index in [2.05, 4.69) is 52.1 Å². The Morgan fingerprint density at radius 1 is 0.960 bits per heavy atom. The number of hydrogen-bond acceptors (Lipinski definition) is 7. The molecule has 0 atom stereocenters. The number of methoxy groups -OCH3 is 1. The van der Waals surface area contributed by atoms with Crippen LogP contribution in [0.15, 0.2) is 103 Å². The normalized spacial score (nSPS) is 10.6. The Labute approximate surface area is 290 Å². The lowest BCUT2D eigenvalue weighted by Gasteiger charge is -2.10. The third-order valence-corrected chi connectivity index (χ3v) is 7.97. The number of imidazole rings is 1. The van der Waals surface area contributed by atoms with Crippen LogP contribution in [0.2, 0.25) is 0 Å². The number of hydrogen-bond donors (Lipinski definition) is 2. The number of pyridine rings is 1. The summed E-state index contributed by atoms with van der Waals surface area (Å²) in [4.78, 5) is 19.4. The molecule has 0 aliphatic rings. The molecule has 9 nitrogen and oxygen atoms in total. The Morgan fingerprint density at radius 3 is 2.46 bits per heavy atom. The number of phenolic OH excluding ortho intramolecular Hbond substituents is 1. The van der Waals surface area contributed by atoms with Crippen molar-refractivity contribution in [3.8, 4) is 29.0 Å². The predicted octanol–water partition coefficient (Wildman–Crippen LogP) is 6.91. The summed E-state index contributed by atoms with van der Waals surface area (Å²) in [6.45, 7) is 4.09. The maximum atomic E-state index is 14.2. The van der Waals surface area contributed by atoms with Crippen LogP contribution in [0.25, 0.3) is 22.3 Å². The lowest BCUT2D eigenvalue weighted by atomic mass is 10.1. The minimum atomic E-state index is -0.471. The van der Waals surface area contributed by atoms with E-state index in [1.807, 2.05) is 42.5 Å². The van der Waals surface area contributed by atoms with E-state index in [1.165, 1.54) is 11.6 Å². The monoisotopic (exact) mass is 671 g/mol. The first-order valence-electron chi connectivity index (χ1n) is 16.1. The molecule has 2 heterocycles. The van der Waals surface area contributed by atoms with Crippen molar-refractivity contribution < 1.29 is 23.8 Å². The van der Waals surface area contributed by atoms with Crippen LogP contribution in [0.4, 0.5) is 4.39 Å². The number of nitrogens with zero attached hydrogens (tertiary/aromatic N) is 4. The SMILES string of the molecule is COCCn1c(Cc2ccc(-c3cccc(OCc4ccc(C#N)cc4F)n3)cc2)nc2cc(C)ccc21.O=CNCCc1ccc(O)cc1. The van der Waals surface area contributed by atoms with Crippen molar-refractivity contribution in [2.75, 3.05) is 20.3 Å². The van der Waals surface area contributed by atoms with Gasteiger partial charge in [-0.25, -0.2) is 14.4 Å². The van der Waals surface area contributed by atoms with Crippen LogP contribution in [-0.4, -0.2) is 46.3 Å². The molecule has 2 aromatic heterocycles. The van der Waals surface area contributed by atoms with Crippen molar-refractivity contribution in [1.82, 2.24) is 19.9 Å². The van der Waals surface area contributed by atoms with Crippen molar-refractivity contribution in [2.45, 2.75) is 32.9 Å². The molecule has 0 radical (unpaired) electrons. The zero-order valence-corrected chi connectivity index (χ0v) is 28.0. The zero-order valence-electron chi connectivity index (χ0n) is 28.0. The Kier molecular flexibility index (Phi) is 12.3. The van der Waals surface area contributed by atoms with Gasteiger partial charge < -0.3 is 24.5 Å². The van der Waals surface area contributed by atoms with Crippen molar-refractivity contribution in [3.05, 3.63) is 143 Å². The molecule has 0 saturated heterocycles. The van der Waals surface area contributed by atoms with E-state index in [0.29, 0.717) is 37.4 Å². The summed E-state index contributed by atoms with van der Waals surface area (Å²) in [5, 5.41) is 20.4. The summed E-state index contributed by atoms with van der Waals surface area (Å²) in [7, 11) is 1.71. The lowest BCUT2D eigenvalue weighted by molar-refractivity contribution is -0.109. The summed E-state index contributed by atoms with van der Waals surface area (Å²) < 4.78 is 27.5. The third kappa shape index (κ3) is 9.52. The molecule has 4 aromatic carbocycles. The smallest absolute Gasteiger partial charge is 0.214 e. The topological polar surface area (TPSA) is 122 Å². The number of nitriles is 1. The molecule has 0 spiro atoms. The summed E-state index contributed by atoms with van der Waals surface area (Å²) in [5.41, 5.74) is 7.89. The van der Waals surface area contributed by atoms with Gasteiger partial charge in [-0.1, -0.05) is 54.6 Å². The predicted molar refractivity (Wildman–Crippen MR) is 190 cm³/mol. The summed E-state index contributed by atoms with van der Waals surface area (Å²) >= 11 is 0. The van der Waals surface area contributed by atoms with E-state index >= 15 is 0 Å². The number of aryl methyl sites for hydroxylation is 1. The van der Waals surface area contributed by atoms with E-state index < -0.39 is 5.82 Å². The molecule has 50 heavy (non-hydrogen) atoms. The zero-order chi connectivity index (χ0) is 35.3. The molecule has 0 bridgehead atoms. The first-order chi connectivity index (χ1) is 24.4. The number of nitrogens with one attached hydrogen (secondary N) is 1. The van der Waals surface area contributed by atoms with E-state index in [0.717, 1.165) is 52.2 Å². The molecule has 0 aliphatic carbocycles. The average Bonchev–Trinajstić information content (AvgIpc) is 3.47. The van der Waals surface area contributed by atoms with Gasteiger partial charge in [0.1, 0.15) is 24.0 Å². The van der Waals surface area contributed by atoms with E-state index in [1.54, 1.807) is 37.4 Å². The molecule has 0 fully saturated rings. The number of fused-ring (bicyclic) bond motifs is 1. The molecule has 6 aromatic rings. The Balaban J connectivity index is 0.000000343. The van der Waals surface area contributed by atoms with Crippen molar-refractivity contribution in [3.63, 3.8) is 0 Å². The van der Waals surface area contributed by atoms with Crippen molar-refractivity contribution in [2.24, 2.45) is 0 Å². The van der Waals surface area contributed by atoms with Crippen LogP contribution in [0.3, 0.4) is 0 Å². The largest absolute Gasteiger partial charge is 0.508 e. The van der Waals surface area contributed by atoms with Crippen LogP contribution < -0.4 is 10.1 Å². The second-order valence-electron chi connectivity index (χ2n) is 11.6. The highest BCUT2D eigenvalue weighted by Gasteiger charge is 2.12. The molecular formula is C40H38FN5O4. The highest BCUT2D eigenvalue weighted by Crippen LogP contribution is 2.24. The number of carbonyl (C=O) groups is 1. The summed E-state index contributed by atoms with van der Waals surface area (Å²) in [6, 6.07) is 33.3. The van der Waals surface area contributed by atoms with Gasteiger partial charge in [0.05, 0.1) is 35.0 Å².